The van der Waals surface area contributed by atoms with E-state index in [2.05, 4.69) is 30.7 Å². The normalized spacial score (nSPS) is 11.6. The molecule has 1 aromatic carbocycles. The zero-order valence-corrected chi connectivity index (χ0v) is 22.9. The van der Waals surface area contributed by atoms with Crippen LogP contribution in [-0.4, -0.2) is 52.9 Å². The first-order chi connectivity index (χ1) is 19.8. The van der Waals surface area contributed by atoms with Gasteiger partial charge >= 0.3 is 18.1 Å². The van der Waals surface area contributed by atoms with Crippen LogP contribution in [-0.2, 0) is 29.0 Å². The molecular formula is C25H27ClF3N5O8. The molecule has 17 heteroatoms. The second kappa shape index (κ2) is 16.1. The number of nitrogens with zero attached hydrogens (tertiary/aromatic N) is 2. The van der Waals surface area contributed by atoms with Gasteiger partial charge in [0.25, 0.3) is 5.69 Å². The van der Waals surface area contributed by atoms with Crippen LogP contribution in [0.2, 0.25) is 5.02 Å². The summed E-state index contributed by atoms with van der Waals surface area (Å²) in [6.07, 6.45) is -2.48. The summed E-state index contributed by atoms with van der Waals surface area (Å²) in [5, 5.41) is 18.9. The van der Waals surface area contributed by atoms with Crippen LogP contribution in [0.15, 0.2) is 36.5 Å². The van der Waals surface area contributed by atoms with Crippen molar-refractivity contribution in [1.82, 2.24) is 15.6 Å². The van der Waals surface area contributed by atoms with Crippen molar-refractivity contribution in [2.24, 2.45) is 0 Å². The van der Waals surface area contributed by atoms with Crippen LogP contribution in [0.5, 0.6) is 0 Å². The van der Waals surface area contributed by atoms with E-state index in [-0.39, 0.29) is 17.0 Å². The molecule has 0 radical (unpaired) electrons. The Bertz CT molecular complexity index is 1290. The van der Waals surface area contributed by atoms with Crippen molar-refractivity contribution in [2.45, 2.75) is 51.2 Å². The molecule has 42 heavy (non-hydrogen) atoms. The number of carbonyl (C=O) groups excluding carboxylic acids is 4. The molecule has 1 atom stereocenters. The van der Waals surface area contributed by atoms with Crippen molar-refractivity contribution in [3.05, 3.63) is 62.8 Å². The van der Waals surface area contributed by atoms with E-state index in [0.717, 1.165) is 36.4 Å². The number of nitro benzene ring substituents is 1. The van der Waals surface area contributed by atoms with Gasteiger partial charge in [-0.3, -0.25) is 19.7 Å². The Balaban J connectivity index is 1.87. The number of amides is 2. The summed E-state index contributed by atoms with van der Waals surface area (Å²) < 4.78 is 36.8. The van der Waals surface area contributed by atoms with Crippen molar-refractivity contribution in [3.63, 3.8) is 0 Å². The number of aromatic nitrogens is 1. The van der Waals surface area contributed by atoms with E-state index < -0.39 is 59.5 Å². The van der Waals surface area contributed by atoms with E-state index in [9.17, 15) is 42.5 Å². The summed E-state index contributed by atoms with van der Waals surface area (Å²) in [4.78, 5) is 69.3. The van der Waals surface area contributed by atoms with Gasteiger partial charge in [-0.05, 0) is 49.1 Å². The summed E-state index contributed by atoms with van der Waals surface area (Å²) in [6, 6.07) is 5.66. The number of carbonyl (C=O) groups is 4. The number of unbranched alkanes of at least 4 members (excludes halogenated alkanes) is 2. The van der Waals surface area contributed by atoms with Crippen LogP contribution < -0.4 is 16.0 Å². The SMILES string of the molecule is Cc1ccnc(NCCCCCC(=O)NCC(=O)NC(CC(=O)OOC(=O)C(F)(F)F)c2ccc(Cl)c([N+](=O)[O-])c2)c1. The Morgan fingerprint density at radius 3 is 2.48 bits per heavy atom. The van der Waals surface area contributed by atoms with Crippen LogP contribution in [0.3, 0.4) is 0 Å². The molecule has 3 N–H and O–H groups in total. The van der Waals surface area contributed by atoms with Gasteiger partial charge in [0.15, 0.2) is 0 Å². The first-order valence-electron chi connectivity index (χ1n) is 12.4. The molecular weight excluding hydrogens is 591 g/mol. The Morgan fingerprint density at radius 2 is 1.81 bits per heavy atom. The highest BCUT2D eigenvalue weighted by Gasteiger charge is 2.43. The molecule has 0 aliphatic carbocycles. The Hall–Kier alpha value is -4.47. The average Bonchev–Trinajstić information content (AvgIpc) is 2.91. The van der Waals surface area contributed by atoms with E-state index in [0.29, 0.717) is 13.0 Å². The molecule has 228 valence electrons. The molecule has 1 aromatic heterocycles. The van der Waals surface area contributed by atoms with Gasteiger partial charge in [-0.15, -0.1) is 0 Å². The number of alkyl halides is 3. The van der Waals surface area contributed by atoms with Gasteiger partial charge in [0, 0.05) is 25.2 Å². The lowest BCUT2D eigenvalue weighted by atomic mass is 10.0. The minimum absolute atomic E-state index is 0.0423. The summed E-state index contributed by atoms with van der Waals surface area (Å²) in [6.45, 7) is 2.07. The van der Waals surface area contributed by atoms with Gasteiger partial charge in [0.2, 0.25) is 11.8 Å². The van der Waals surface area contributed by atoms with E-state index in [1.54, 1.807) is 6.20 Å². The maximum atomic E-state index is 12.5. The van der Waals surface area contributed by atoms with Gasteiger partial charge in [-0.1, -0.05) is 24.1 Å². The smallest absolute Gasteiger partial charge is 0.370 e. The number of rotatable bonds is 14. The van der Waals surface area contributed by atoms with Gasteiger partial charge in [-0.2, -0.15) is 13.2 Å². The van der Waals surface area contributed by atoms with Gasteiger partial charge < -0.3 is 16.0 Å². The number of aryl methyl sites for hydroxylation is 1. The molecule has 13 nitrogen and oxygen atoms in total. The Labute approximate surface area is 242 Å². The monoisotopic (exact) mass is 617 g/mol. The highest BCUT2D eigenvalue weighted by Crippen LogP contribution is 2.29. The van der Waals surface area contributed by atoms with E-state index in [4.69, 9.17) is 11.6 Å². The zero-order chi connectivity index (χ0) is 31.3. The second-order valence-electron chi connectivity index (χ2n) is 8.85. The molecule has 1 unspecified atom stereocenters. The zero-order valence-electron chi connectivity index (χ0n) is 22.2. The fourth-order valence-electron chi connectivity index (χ4n) is 3.42. The minimum atomic E-state index is -5.43. The van der Waals surface area contributed by atoms with Crippen LogP contribution in [0.1, 0.15) is 49.3 Å². The first kappa shape index (κ1) is 33.7. The maximum Gasteiger partial charge on any atom is 0.495 e. The molecule has 0 saturated heterocycles. The molecule has 2 rings (SSSR count). The summed E-state index contributed by atoms with van der Waals surface area (Å²) in [5.41, 5.74) is 0.448. The summed E-state index contributed by atoms with van der Waals surface area (Å²) >= 11 is 5.78. The van der Waals surface area contributed by atoms with E-state index in [1.807, 2.05) is 19.1 Å². The quantitative estimate of drug-likeness (QED) is 0.122. The molecule has 1 heterocycles. The highest BCUT2D eigenvalue weighted by atomic mass is 35.5. The molecule has 0 saturated carbocycles. The molecule has 2 amide bonds. The summed E-state index contributed by atoms with van der Waals surface area (Å²) in [5.74, 6) is -4.81. The predicted octanol–water partition coefficient (Wildman–Crippen LogP) is 3.85. The average molecular weight is 618 g/mol. The second-order valence-corrected chi connectivity index (χ2v) is 9.26. The number of benzene rings is 1. The fourth-order valence-corrected chi connectivity index (χ4v) is 3.61. The van der Waals surface area contributed by atoms with Crippen LogP contribution in [0.25, 0.3) is 0 Å². The predicted molar refractivity (Wildman–Crippen MR) is 141 cm³/mol. The van der Waals surface area contributed by atoms with Gasteiger partial charge in [0.1, 0.15) is 10.8 Å². The lowest BCUT2D eigenvalue weighted by Gasteiger charge is -2.18. The van der Waals surface area contributed by atoms with Crippen molar-refractivity contribution < 1.29 is 47.0 Å². The highest BCUT2D eigenvalue weighted by molar-refractivity contribution is 6.32. The number of hydrogen-bond donors (Lipinski definition) is 3. The topological polar surface area (TPSA) is 179 Å². The van der Waals surface area contributed by atoms with Crippen molar-refractivity contribution in [2.75, 3.05) is 18.4 Å². The lowest BCUT2D eigenvalue weighted by Crippen LogP contribution is -2.39. The number of nitro groups is 1. The van der Waals surface area contributed by atoms with Crippen LogP contribution in [0, 0.1) is 17.0 Å². The third-order valence-corrected chi connectivity index (χ3v) is 5.78. The number of nitrogens with one attached hydrogen (secondary N) is 3. The number of anilines is 1. The molecule has 0 fully saturated rings. The largest absolute Gasteiger partial charge is 0.495 e. The third kappa shape index (κ3) is 12.0. The standard InChI is InChI=1S/C25H27ClF3N5O8/c1-15-8-10-31-20(11-15)30-9-4-2-3-5-21(35)32-14-22(36)33-18(13-23(37)41-42-24(38)25(27,28)29)16-6-7-17(26)19(12-16)34(39)40/h6-8,10-12,18H,2-5,9,13-14H2,1H3,(H,30,31)(H,32,35)(H,33,36). The number of pyridine rings is 1. The van der Waals surface area contributed by atoms with Crippen LogP contribution in [0.4, 0.5) is 24.7 Å². The number of halogens is 4. The van der Waals surface area contributed by atoms with Gasteiger partial charge in [0.05, 0.1) is 23.9 Å². The Morgan fingerprint density at radius 1 is 1.07 bits per heavy atom. The maximum absolute atomic E-state index is 12.5. The van der Waals surface area contributed by atoms with E-state index in [1.165, 1.54) is 6.07 Å². The minimum Gasteiger partial charge on any atom is -0.370 e. The Kier molecular flexibility index (Phi) is 12.9. The fraction of sp³-hybridized carbons (Fsp3) is 0.400. The van der Waals surface area contributed by atoms with Crippen molar-refractivity contribution in [1.29, 1.82) is 0 Å². The summed E-state index contributed by atoms with van der Waals surface area (Å²) in [7, 11) is 0. The van der Waals surface area contributed by atoms with Crippen molar-refractivity contribution in [3.8, 4) is 0 Å². The molecule has 0 aliphatic heterocycles. The number of hydrogen-bond acceptors (Lipinski definition) is 10. The molecule has 2 aromatic rings. The van der Waals surface area contributed by atoms with Crippen LogP contribution >= 0.6 is 11.6 Å². The molecule has 0 bridgehead atoms. The molecule has 0 spiro atoms. The van der Waals surface area contributed by atoms with Gasteiger partial charge in [-0.25, -0.2) is 24.3 Å². The lowest BCUT2D eigenvalue weighted by molar-refractivity contribution is -0.384. The van der Waals surface area contributed by atoms with E-state index >= 15 is 0 Å². The molecule has 0 aliphatic rings. The third-order valence-electron chi connectivity index (χ3n) is 5.47. The van der Waals surface area contributed by atoms with Crippen molar-refractivity contribution >= 4 is 46.9 Å². The first-order valence-corrected chi connectivity index (χ1v) is 12.8.